The van der Waals surface area contributed by atoms with Crippen molar-refractivity contribution in [3.8, 4) is 11.1 Å². The zero-order valence-corrected chi connectivity index (χ0v) is 38.9. The van der Waals surface area contributed by atoms with Crippen LogP contribution in [-0.4, -0.2) is 113 Å². The van der Waals surface area contributed by atoms with Gasteiger partial charge >= 0.3 is 24.1 Å². The first-order valence-electron chi connectivity index (χ1n) is 23.3. The van der Waals surface area contributed by atoms with Gasteiger partial charge in [-0.15, -0.1) is 0 Å². The molecule has 0 radical (unpaired) electrons. The highest BCUT2D eigenvalue weighted by Gasteiger charge is 2.70. The van der Waals surface area contributed by atoms with Gasteiger partial charge in [-0.05, 0) is 103 Å². The summed E-state index contributed by atoms with van der Waals surface area (Å²) in [7, 11) is 3.85. The van der Waals surface area contributed by atoms with Gasteiger partial charge < -0.3 is 42.2 Å². The van der Waals surface area contributed by atoms with Crippen molar-refractivity contribution in [3.05, 3.63) is 113 Å². The molecule has 4 bridgehead atoms. The summed E-state index contributed by atoms with van der Waals surface area (Å²) in [6.07, 6.45) is 3.00. The molecular formula is C51H59N9O8. The minimum absolute atomic E-state index is 0.271. The van der Waals surface area contributed by atoms with E-state index >= 15 is 0 Å². The number of carbonyl (C=O) groups is 6. The number of carbonyl (C=O) groups excluding carboxylic acids is 6. The lowest BCUT2D eigenvalue weighted by atomic mass is 9.59. The molecule has 4 aliphatic carbocycles. The predicted octanol–water partition coefficient (Wildman–Crippen LogP) is 3.80. The van der Waals surface area contributed by atoms with E-state index in [1.165, 1.54) is 0 Å². The summed E-state index contributed by atoms with van der Waals surface area (Å²) in [4.78, 5) is 96.1. The highest BCUT2D eigenvalue weighted by molar-refractivity contribution is 6.12. The maximum atomic E-state index is 14.8. The van der Waals surface area contributed by atoms with E-state index in [4.69, 9.17) is 32.4 Å². The van der Waals surface area contributed by atoms with Crippen molar-refractivity contribution < 1.29 is 38.2 Å². The zero-order chi connectivity index (χ0) is 48.5. The minimum Gasteiger partial charge on any atom is -0.375 e. The first-order valence-corrected chi connectivity index (χ1v) is 23.3. The van der Waals surface area contributed by atoms with Crippen LogP contribution in [0, 0.1) is 0 Å². The van der Waals surface area contributed by atoms with Gasteiger partial charge in [-0.1, -0.05) is 74.5 Å². The average molecular weight is 926 g/mol. The van der Waals surface area contributed by atoms with Gasteiger partial charge in [-0.3, -0.25) is 19.4 Å². The molecule has 3 aromatic carbocycles. The third kappa shape index (κ3) is 6.91. The molecule has 4 aromatic rings. The number of ether oxygens (including phenoxy) is 2. The second-order valence-electron chi connectivity index (χ2n) is 19.7. The summed E-state index contributed by atoms with van der Waals surface area (Å²) in [5.41, 5.74) is 23.0. The van der Waals surface area contributed by atoms with Crippen molar-refractivity contribution in [2.24, 2.45) is 22.9 Å². The second kappa shape index (κ2) is 17.0. The van der Waals surface area contributed by atoms with Crippen LogP contribution in [-0.2, 0) is 52.3 Å². The van der Waals surface area contributed by atoms with Crippen molar-refractivity contribution >= 4 is 47.4 Å². The molecule has 356 valence electrons. The van der Waals surface area contributed by atoms with E-state index in [0.29, 0.717) is 49.7 Å². The van der Waals surface area contributed by atoms with Crippen molar-refractivity contribution in [2.45, 2.75) is 111 Å². The maximum absolute atomic E-state index is 14.8. The first kappa shape index (κ1) is 46.3. The summed E-state index contributed by atoms with van der Waals surface area (Å²) in [5.74, 6) is -3.39. The van der Waals surface area contributed by atoms with Crippen molar-refractivity contribution in [3.63, 3.8) is 0 Å². The van der Waals surface area contributed by atoms with Crippen LogP contribution < -0.4 is 32.7 Å². The van der Waals surface area contributed by atoms with Crippen LogP contribution in [0.4, 0.5) is 21.1 Å². The van der Waals surface area contributed by atoms with Crippen molar-refractivity contribution in [1.82, 2.24) is 14.8 Å². The number of benzene rings is 3. The van der Waals surface area contributed by atoms with E-state index in [2.05, 4.69) is 9.88 Å². The van der Waals surface area contributed by atoms with Crippen LogP contribution in [0.5, 0.6) is 0 Å². The molecular weight excluding hydrogens is 867 g/mol. The summed E-state index contributed by atoms with van der Waals surface area (Å²) in [6, 6.07) is 25.4. The normalized spacial score (nSPS) is 27.0. The molecule has 17 nitrogen and oxygen atoms in total. The Bertz CT molecular complexity index is 2530. The highest BCUT2D eigenvalue weighted by Crippen LogP contribution is 2.53. The van der Waals surface area contributed by atoms with Gasteiger partial charge in [0.05, 0.1) is 0 Å². The lowest BCUT2D eigenvalue weighted by Gasteiger charge is -2.55. The molecule has 8 N–H and O–H groups in total. The fraction of sp³-hybridized carbons (Fsp3) is 0.431. The number of rotatable bonds is 13. The van der Waals surface area contributed by atoms with Gasteiger partial charge in [0.15, 0.2) is 0 Å². The van der Waals surface area contributed by atoms with E-state index in [0.717, 1.165) is 33.8 Å². The predicted molar refractivity (Wildman–Crippen MR) is 253 cm³/mol. The Morgan fingerprint density at radius 1 is 0.588 bits per heavy atom. The Labute approximate surface area is 395 Å². The van der Waals surface area contributed by atoms with Gasteiger partial charge in [0.2, 0.25) is 11.1 Å². The largest absolute Gasteiger partial charge is 0.412 e. The average Bonchev–Trinajstić information content (AvgIpc) is 4.08. The number of nitrogens with zero attached hydrogens (tertiary/aromatic N) is 5. The number of fused-ring (bicyclic) bond motifs is 6. The summed E-state index contributed by atoms with van der Waals surface area (Å²) in [5, 5.41) is 0. The van der Waals surface area contributed by atoms with E-state index in [1.807, 2.05) is 134 Å². The number of likely N-dealkylation sites (tertiary alicyclic amines) is 2. The number of primary amides is 4. The molecule has 1 aromatic heterocycles. The number of esters is 2. The number of aromatic nitrogens is 1. The van der Waals surface area contributed by atoms with Crippen LogP contribution in [0.2, 0.25) is 0 Å². The molecule has 0 saturated carbocycles. The molecule has 4 heterocycles. The molecule has 3 saturated heterocycles. The van der Waals surface area contributed by atoms with E-state index in [-0.39, 0.29) is 25.9 Å². The minimum atomic E-state index is -2.18. The van der Waals surface area contributed by atoms with Crippen molar-refractivity contribution in [2.75, 3.05) is 37.0 Å². The van der Waals surface area contributed by atoms with E-state index in [1.54, 1.807) is 0 Å². The SMILES string of the molecule is CN(C)c1ccc(-c2ccc(N3C(C4CCCN4[C@@](C(N)=O)(C(=O)OC(N)=O)C4(C)Cc5ccc4cc5)CC[C@H]3C3CCCN3[C@@](C(N)=O)(C(=O)OC(N)=O)C3(C)Cc4ccc3cc4)cc2)cn1. The second-order valence-corrected chi connectivity index (χ2v) is 19.7. The molecule has 4 amide bonds. The van der Waals surface area contributed by atoms with Crippen LogP contribution in [0.15, 0.2) is 91.1 Å². The number of hydrogen-bond donors (Lipinski definition) is 4. The molecule has 68 heavy (non-hydrogen) atoms. The summed E-state index contributed by atoms with van der Waals surface area (Å²) < 4.78 is 10.5. The summed E-state index contributed by atoms with van der Waals surface area (Å²) >= 11 is 0. The Hall–Kier alpha value is -6.85. The van der Waals surface area contributed by atoms with Gasteiger partial charge in [0, 0.05) is 79.6 Å². The number of pyridine rings is 1. The molecule has 5 unspecified atom stereocenters. The fourth-order valence-electron chi connectivity index (χ4n) is 13.2. The van der Waals surface area contributed by atoms with Gasteiger partial charge in [0.25, 0.3) is 11.8 Å². The smallest absolute Gasteiger partial charge is 0.375 e. The van der Waals surface area contributed by atoms with E-state index in [9.17, 15) is 28.8 Å². The lowest BCUT2D eigenvalue weighted by molar-refractivity contribution is -0.167. The number of hydrogen-bond acceptors (Lipinski definition) is 13. The number of anilines is 2. The Balaban J connectivity index is 1.19. The van der Waals surface area contributed by atoms with Gasteiger partial charge in [-0.2, -0.15) is 0 Å². The van der Waals surface area contributed by atoms with Crippen LogP contribution >= 0.6 is 0 Å². The zero-order valence-electron chi connectivity index (χ0n) is 38.9. The lowest BCUT2D eigenvalue weighted by Crippen LogP contribution is -2.76. The third-order valence-corrected chi connectivity index (χ3v) is 16.1. The molecule has 0 spiro atoms. The molecule has 3 aliphatic heterocycles. The Kier molecular flexibility index (Phi) is 11.6. The molecule has 8 atom stereocenters. The first-order chi connectivity index (χ1) is 32.4. The number of nitrogens with two attached hydrogens (primary N) is 4. The van der Waals surface area contributed by atoms with Crippen LogP contribution in [0.1, 0.15) is 74.6 Å². The quantitative estimate of drug-likeness (QED) is 0.110. The third-order valence-electron chi connectivity index (χ3n) is 16.1. The highest BCUT2D eigenvalue weighted by atomic mass is 16.6. The maximum Gasteiger partial charge on any atom is 0.412 e. The van der Waals surface area contributed by atoms with Gasteiger partial charge in [0.1, 0.15) is 5.82 Å². The van der Waals surface area contributed by atoms with Crippen LogP contribution in [0.25, 0.3) is 11.1 Å². The van der Waals surface area contributed by atoms with Gasteiger partial charge in [-0.25, -0.2) is 24.2 Å². The topological polar surface area (TPSA) is 251 Å². The Morgan fingerprint density at radius 2 is 1.01 bits per heavy atom. The molecule has 7 aliphatic rings. The molecule has 3 fully saturated rings. The standard InChI is InChI=1S/C51H59N9O8/c1-48(27-30-9-16-34(48)17-10-30)50(42(52)61,44(63)67-46(54)65)58-25-5-7-37(58)39-22-23-40(60(39)36-20-13-32(14-21-36)33-15-24-41(56-29-33)57(3)4)38-8-6-26-59(38)51(43(53)62,45(64)68-47(55)66)49(2)28-31-11-18-35(49)19-12-31/h9-21,24,29,37-40H,5-8,22-23,25-28H2,1-4H3,(H2,52,61)(H2,53,62)(H2,54,65)(H2,55,66)/t37?,38?,39-,40?,48?,49?,50-,51-/m0/s1. The fourth-order valence-corrected chi connectivity index (χ4v) is 13.2. The number of amides is 4. The molecule has 11 rings (SSSR count). The Morgan fingerprint density at radius 3 is 1.35 bits per heavy atom. The van der Waals surface area contributed by atoms with E-state index < -0.39 is 82.0 Å². The monoisotopic (exact) mass is 925 g/mol. The van der Waals surface area contributed by atoms with Crippen LogP contribution in [0.3, 0.4) is 0 Å². The molecule has 17 heteroatoms. The summed E-state index contributed by atoms with van der Waals surface area (Å²) in [6.45, 7) is 4.17. The van der Waals surface area contributed by atoms with Crippen molar-refractivity contribution in [1.29, 1.82) is 0 Å².